The summed E-state index contributed by atoms with van der Waals surface area (Å²) in [4.78, 5) is 14.9. The molecule has 1 N–H and O–H groups in total. The summed E-state index contributed by atoms with van der Waals surface area (Å²) in [6, 6.07) is 4.38. The van der Waals surface area contributed by atoms with Crippen LogP contribution in [-0.4, -0.2) is 63.4 Å². The third-order valence-electron chi connectivity index (χ3n) is 4.45. The van der Waals surface area contributed by atoms with Crippen LogP contribution in [0.15, 0.2) is 18.2 Å². The molecule has 0 aromatic heterocycles. The van der Waals surface area contributed by atoms with Crippen LogP contribution in [0.3, 0.4) is 0 Å². The van der Waals surface area contributed by atoms with Gasteiger partial charge in [-0.2, -0.15) is 8.78 Å². The van der Waals surface area contributed by atoms with Gasteiger partial charge in [0.05, 0.1) is 20.3 Å². The number of rotatable bonds is 9. The maximum Gasteiger partial charge on any atom is 0.387 e. The minimum Gasteiger partial charge on any atom is -0.493 e. The molecule has 1 aromatic rings. The van der Waals surface area contributed by atoms with Gasteiger partial charge in [-0.05, 0) is 30.5 Å². The number of alkyl halides is 2. The van der Waals surface area contributed by atoms with Crippen molar-refractivity contribution in [1.29, 1.82) is 0 Å². The molecule has 0 saturated carbocycles. The van der Waals surface area contributed by atoms with Crippen molar-refractivity contribution < 1.29 is 27.8 Å². The van der Waals surface area contributed by atoms with E-state index in [0.717, 1.165) is 19.5 Å². The van der Waals surface area contributed by atoms with Gasteiger partial charge in [-0.15, -0.1) is 0 Å². The Kier molecular flexibility index (Phi) is 8.24. The summed E-state index contributed by atoms with van der Waals surface area (Å²) in [5.41, 5.74) is 0.332. The topological polar surface area (TPSA) is 60.0 Å². The number of nitrogens with one attached hydrogen (secondary N) is 1. The van der Waals surface area contributed by atoms with Gasteiger partial charge < -0.3 is 19.5 Å². The number of morpholine rings is 1. The molecule has 8 heteroatoms. The number of carbonyl (C=O) groups excluding carboxylic acids is 1. The number of halogens is 2. The van der Waals surface area contributed by atoms with Crippen LogP contribution < -0.4 is 14.8 Å². The van der Waals surface area contributed by atoms with Crippen LogP contribution in [0.1, 0.15) is 30.6 Å². The molecule has 0 bridgehead atoms. The molecular formula is C19H28F2N2O4. The molecule has 2 rings (SSSR count). The first-order chi connectivity index (χ1) is 12.9. The van der Waals surface area contributed by atoms with Crippen molar-refractivity contribution in [2.24, 2.45) is 5.92 Å². The molecular weight excluding hydrogens is 358 g/mol. The lowest BCUT2D eigenvalue weighted by molar-refractivity contribution is -0.0512. The fraction of sp³-hybridized carbons (Fsp3) is 0.632. The maximum atomic E-state index is 12.5. The Hall–Kier alpha value is -1.93. The highest BCUT2D eigenvalue weighted by molar-refractivity contribution is 5.94. The van der Waals surface area contributed by atoms with Crippen LogP contribution in [0, 0.1) is 5.92 Å². The van der Waals surface area contributed by atoms with Crippen LogP contribution in [-0.2, 0) is 4.74 Å². The van der Waals surface area contributed by atoms with Crippen LogP contribution in [0.25, 0.3) is 0 Å². The van der Waals surface area contributed by atoms with E-state index in [1.165, 1.54) is 25.3 Å². The Labute approximate surface area is 158 Å². The van der Waals surface area contributed by atoms with Crippen molar-refractivity contribution in [2.45, 2.75) is 32.9 Å². The summed E-state index contributed by atoms with van der Waals surface area (Å²) in [5.74, 6) is 0.212. The quantitative estimate of drug-likeness (QED) is 0.707. The van der Waals surface area contributed by atoms with Crippen molar-refractivity contribution in [1.82, 2.24) is 10.2 Å². The Balaban J connectivity index is 2.01. The van der Waals surface area contributed by atoms with Crippen LogP contribution in [0.2, 0.25) is 0 Å². The summed E-state index contributed by atoms with van der Waals surface area (Å²) >= 11 is 0. The van der Waals surface area contributed by atoms with Crippen molar-refractivity contribution in [3.63, 3.8) is 0 Å². The molecule has 1 atom stereocenters. The van der Waals surface area contributed by atoms with E-state index in [9.17, 15) is 13.6 Å². The van der Waals surface area contributed by atoms with Gasteiger partial charge in [-0.1, -0.05) is 13.8 Å². The number of methoxy groups -OCH3 is 1. The molecule has 0 radical (unpaired) electrons. The first-order valence-corrected chi connectivity index (χ1v) is 9.13. The zero-order chi connectivity index (χ0) is 19.8. The molecule has 152 valence electrons. The van der Waals surface area contributed by atoms with E-state index < -0.39 is 6.61 Å². The second-order valence-corrected chi connectivity index (χ2v) is 6.89. The highest BCUT2D eigenvalue weighted by Gasteiger charge is 2.23. The van der Waals surface area contributed by atoms with E-state index in [4.69, 9.17) is 9.47 Å². The molecule has 27 heavy (non-hydrogen) atoms. The number of carbonyl (C=O) groups is 1. The maximum absolute atomic E-state index is 12.5. The highest BCUT2D eigenvalue weighted by atomic mass is 19.3. The van der Waals surface area contributed by atoms with Crippen LogP contribution in [0.4, 0.5) is 8.78 Å². The second-order valence-electron chi connectivity index (χ2n) is 6.89. The third kappa shape index (κ3) is 6.62. The molecule has 0 aliphatic carbocycles. The molecule has 0 spiro atoms. The van der Waals surface area contributed by atoms with Gasteiger partial charge in [0, 0.05) is 31.2 Å². The molecule has 1 saturated heterocycles. The zero-order valence-electron chi connectivity index (χ0n) is 16.0. The van der Waals surface area contributed by atoms with Gasteiger partial charge in [-0.25, -0.2) is 0 Å². The molecule has 1 amide bonds. The highest BCUT2D eigenvalue weighted by Crippen LogP contribution is 2.29. The first kappa shape index (κ1) is 21.4. The smallest absolute Gasteiger partial charge is 0.387 e. The summed E-state index contributed by atoms with van der Waals surface area (Å²) in [7, 11) is 1.34. The van der Waals surface area contributed by atoms with Crippen molar-refractivity contribution in [3.8, 4) is 11.5 Å². The van der Waals surface area contributed by atoms with Crippen LogP contribution in [0.5, 0.6) is 11.5 Å². The Bertz CT molecular complexity index is 607. The lowest BCUT2D eigenvalue weighted by atomic mass is 10.0. The fourth-order valence-electron chi connectivity index (χ4n) is 3.16. The zero-order valence-corrected chi connectivity index (χ0v) is 16.0. The summed E-state index contributed by atoms with van der Waals surface area (Å²) in [5, 5.41) is 2.95. The predicted molar refractivity (Wildman–Crippen MR) is 97.6 cm³/mol. The molecule has 1 aromatic carbocycles. The van der Waals surface area contributed by atoms with Gasteiger partial charge in [0.25, 0.3) is 5.91 Å². The second kappa shape index (κ2) is 10.4. The summed E-state index contributed by atoms with van der Waals surface area (Å²) in [6.07, 6.45) is 0.963. The number of hydrogen-bond acceptors (Lipinski definition) is 5. The van der Waals surface area contributed by atoms with Gasteiger partial charge in [0.15, 0.2) is 11.5 Å². The standard InChI is InChI=1S/C19H28F2N2O4/c1-13(2)10-15(23-6-8-26-9-7-23)12-22-18(24)14-4-5-16(27-19(20)21)17(11-14)25-3/h4-5,11,13,15,19H,6-10,12H2,1-3H3,(H,22,24). The van der Waals surface area contributed by atoms with Gasteiger partial charge >= 0.3 is 6.61 Å². The monoisotopic (exact) mass is 386 g/mol. The van der Waals surface area contributed by atoms with Gasteiger partial charge in [-0.3, -0.25) is 9.69 Å². The predicted octanol–water partition coefficient (Wildman–Crippen LogP) is 2.77. The van der Waals surface area contributed by atoms with E-state index in [1.54, 1.807) is 0 Å². The van der Waals surface area contributed by atoms with E-state index >= 15 is 0 Å². The average molecular weight is 386 g/mol. The number of hydrogen-bond donors (Lipinski definition) is 1. The molecule has 1 unspecified atom stereocenters. The Morgan fingerprint density at radius 2 is 1.96 bits per heavy atom. The summed E-state index contributed by atoms with van der Waals surface area (Å²) in [6.45, 7) is 4.96. The first-order valence-electron chi connectivity index (χ1n) is 9.13. The molecule has 1 heterocycles. The number of nitrogens with zero attached hydrogens (tertiary/aromatic N) is 1. The number of benzene rings is 1. The minimum absolute atomic E-state index is 0.0925. The Morgan fingerprint density at radius 3 is 2.56 bits per heavy atom. The molecule has 6 nitrogen and oxygen atoms in total. The minimum atomic E-state index is -2.95. The lowest BCUT2D eigenvalue weighted by Gasteiger charge is -2.35. The molecule has 1 aliphatic rings. The molecule has 1 fully saturated rings. The normalized spacial score (nSPS) is 16.4. The average Bonchev–Trinajstić information content (AvgIpc) is 2.65. The molecule has 1 aliphatic heterocycles. The van der Waals surface area contributed by atoms with E-state index in [2.05, 4.69) is 28.8 Å². The van der Waals surface area contributed by atoms with Gasteiger partial charge in [0.1, 0.15) is 0 Å². The van der Waals surface area contributed by atoms with E-state index in [1.807, 2.05) is 0 Å². The largest absolute Gasteiger partial charge is 0.493 e. The van der Waals surface area contributed by atoms with E-state index in [-0.39, 0.29) is 23.4 Å². The third-order valence-corrected chi connectivity index (χ3v) is 4.45. The van der Waals surface area contributed by atoms with E-state index in [0.29, 0.717) is 31.2 Å². The Morgan fingerprint density at radius 1 is 1.26 bits per heavy atom. The van der Waals surface area contributed by atoms with Crippen LogP contribution >= 0.6 is 0 Å². The fourth-order valence-corrected chi connectivity index (χ4v) is 3.16. The number of amides is 1. The lowest BCUT2D eigenvalue weighted by Crippen LogP contribution is -2.49. The number of ether oxygens (including phenoxy) is 3. The van der Waals surface area contributed by atoms with Crippen molar-refractivity contribution in [3.05, 3.63) is 23.8 Å². The van der Waals surface area contributed by atoms with Gasteiger partial charge in [0.2, 0.25) is 0 Å². The SMILES string of the molecule is COc1cc(C(=O)NCC(CC(C)C)N2CCOCC2)ccc1OC(F)F. The van der Waals surface area contributed by atoms with Crippen molar-refractivity contribution >= 4 is 5.91 Å². The summed E-state index contributed by atoms with van der Waals surface area (Å²) < 4.78 is 39.7. The van der Waals surface area contributed by atoms with Crippen molar-refractivity contribution in [2.75, 3.05) is 40.0 Å².